The molecule has 3 aromatic carbocycles. The Morgan fingerprint density at radius 2 is 1.50 bits per heavy atom. The number of phenols is 2. The van der Waals surface area contributed by atoms with Gasteiger partial charge in [-0.15, -0.1) is 0 Å². The molecule has 0 spiro atoms. The van der Waals surface area contributed by atoms with E-state index in [0.717, 1.165) is 0 Å². The van der Waals surface area contributed by atoms with Gasteiger partial charge in [-0.2, -0.15) is 0 Å². The monoisotopic (exact) mass is 324 g/mol. The molecule has 3 aromatic rings. The standard InChI is InChI=1S/C17H12N2O5/c20-11-5-1-3-9(7-11)18-13-15(22)14(17(24)16(13)23)19-10-4-2-6-12(21)8-10/h1-8,18,20-22H. The van der Waals surface area contributed by atoms with Crippen molar-refractivity contribution < 1.29 is 15.3 Å². The third-order valence-electron chi connectivity index (χ3n) is 3.30. The predicted molar refractivity (Wildman–Crippen MR) is 87.7 cm³/mol. The van der Waals surface area contributed by atoms with E-state index >= 15 is 0 Å². The van der Waals surface area contributed by atoms with Crippen LogP contribution < -0.4 is 21.5 Å². The second-order valence-corrected chi connectivity index (χ2v) is 5.04. The molecule has 7 heteroatoms. The summed E-state index contributed by atoms with van der Waals surface area (Å²) in [5.74, 6) is -0.683. The average Bonchev–Trinajstić information content (AvgIpc) is 2.73. The molecule has 0 aliphatic rings. The fourth-order valence-corrected chi connectivity index (χ4v) is 2.19. The second-order valence-electron chi connectivity index (χ2n) is 5.04. The Morgan fingerprint density at radius 3 is 2.17 bits per heavy atom. The summed E-state index contributed by atoms with van der Waals surface area (Å²) in [4.78, 5) is 28.0. The molecule has 0 aliphatic carbocycles. The molecule has 0 atom stereocenters. The molecule has 0 aromatic heterocycles. The predicted octanol–water partition coefficient (Wildman–Crippen LogP) is 1.38. The molecule has 120 valence electrons. The lowest BCUT2D eigenvalue weighted by atomic mass is 10.3. The normalized spacial score (nSPS) is 11.6. The number of benzene rings is 2. The number of phenolic OH excluding ortho intramolecular Hbond substituents is 2. The maximum atomic E-state index is 12.0. The van der Waals surface area contributed by atoms with Crippen LogP contribution in [0.25, 0.3) is 0 Å². The first-order valence-electron chi connectivity index (χ1n) is 6.92. The van der Waals surface area contributed by atoms with Gasteiger partial charge in [0, 0.05) is 17.8 Å². The highest BCUT2D eigenvalue weighted by molar-refractivity contribution is 5.67. The quantitative estimate of drug-likeness (QED) is 0.540. The van der Waals surface area contributed by atoms with E-state index in [-0.39, 0.29) is 22.9 Å². The van der Waals surface area contributed by atoms with Gasteiger partial charge >= 0.3 is 0 Å². The minimum Gasteiger partial charge on any atom is -0.508 e. The van der Waals surface area contributed by atoms with Crippen LogP contribution in [-0.4, -0.2) is 15.3 Å². The van der Waals surface area contributed by atoms with Crippen LogP contribution in [0.4, 0.5) is 17.1 Å². The van der Waals surface area contributed by atoms with Gasteiger partial charge in [-0.05, 0) is 24.3 Å². The van der Waals surface area contributed by atoms with Gasteiger partial charge in [0.25, 0.3) is 10.9 Å². The van der Waals surface area contributed by atoms with Crippen molar-refractivity contribution in [1.29, 1.82) is 0 Å². The van der Waals surface area contributed by atoms with Crippen molar-refractivity contribution in [3.8, 4) is 17.2 Å². The zero-order chi connectivity index (χ0) is 17.3. The molecule has 0 aliphatic heterocycles. The highest BCUT2D eigenvalue weighted by atomic mass is 16.3. The SMILES string of the molecule is O=c1c(Nc2cccc(O)c2)c(O)c(=Nc2cccc(O)c2)c1=O. The van der Waals surface area contributed by atoms with Crippen molar-refractivity contribution >= 4 is 17.1 Å². The molecule has 0 fully saturated rings. The van der Waals surface area contributed by atoms with E-state index in [0.29, 0.717) is 5.69 Å². The molecule has 3 rings (SSSR count). The molecule has 24 heavy (non-hydrogen) atoms. The van der Waals surface area contributed by atoms with Crippen molar-refractivity contribution in [2.45, 2.75) is 0 Å². The summed E-state index contributed by atoms with van der Waals surface area (Å²) in [6.07, 6.45) is 0. The topological polar surface area (TPSA) is 119 Å². The fourth-order valence-electron chi connectivity index (χ4n) is 2.19. The first kappa shape index (κ1) is 15.3. The van der Waals surface area contributed by atoms with Gasteiger partial charge in [0.15, 0.2) is 11.1 Å². The Morgan fingerprint density at radius 1 is 0.833 bits per heavy atom. The van der Waals surface area contributed by atoms with E-state index in [4.69, 9.17) is 0 Å². The number of rotatable bonds is 3. The van der Waals surface area contributed by atoms with Gasteiger partial charge in [0.2, 0.25) is 0 Å². The van der Waals surface area contributed by atoms with Crippen LogP contribution in [0.1, 0.15) is 0 Å². The van der Waals surface area contributed by atoms with Crippen LogP contribution in [0.15, 0.2) is 63.1 Å². The average molecular weight is 324 g/mol. The molecule has 4 N–H and O–H groups in total. The third-order valence-corrected chi connectivity index (χ3v) is 3.30. The van der Waals surface area contributed by atoms with Crippen molar-refractivity contribution in [2.75, 3.05) is 5.32 Å². The van der Waals surface area contributed by atoms with Crippen molar-refractivity contribution in [3.63, 3.8) is 0 Å². The number of anilines is 2. The number of aromatic hydroxyl groups is 3. The van der Waals surface area contributed by atoms with Crippen molar-refractivity contribution in [2.24, 2.45) is 4.99 Å². The molecule has 0 amide bonds. The van der Waals surface area contributed by atoms with Crippen LogP contribution in [0, 0.1) is 0 Å². The van der Waals surface area contributed by atoms with Gasteiger partial charge < -0.3 is 20.6 Å². The van der Waals surface area contributed by atoms with Crippen LogP contribution in [0.3, 0.4) is 0 Å². The molecular weight excluding hydrogens is 312 g/mol. The Bertz CT molecular complexity index is 1070. The van der Waals surface area contributed by atoms with Crippen LogP contribution in [-0.2, 0) is 0 Å². The molecule has 0 saturated heterocycles. The van der Waals surface area contributed by atoms with Gasteiger partial charge in [-0.1, -0.05) is 12.1 Å². The number of hydrogen-bond donors (Lipinski definition) is 4. The van der Waals surface area contributed by atoms with E-state index in [9.17, 15) is 24.9 Å². The zero-order valence-corrected chi connectivity index (χ0v) is 12.2. The van der Waals surface area contributed by atoms with E-state index in [1.54, 1.807) is 6.07 Å². The van der Waals surface area contributed by atoms with Crippen molar-refractivity contribution in [3.05, 3.63) is 74.3 Å². The Labute approximate surface area is 135 Å². The van der Waals surface area contributed by atoms with E-state index in [2.05, 4.69) is 10.3 Å². The molecule has 0 saturated carbocycles. The molecule has 0 bridgehead atoms. The maximum absolute atomic E-state index is 12.0. The van der Waals surface area contributed by atoms with Crippen molar-refractivity contribution in [1.82, 2.24) is 0 Å². The van der Waals surface area contributed by atoms with Gasteiger partial charge in [-0.25, -0.2) is 4.99 Å². The summed E-state index contributed by atoms with van der Waals surface area (Å²) in [5, 5.41) is 31.2. The summed E-state index contributed by atoms with van der Waals surface area (Å²) < 4.78 is 0. The second kappa shape index (κ2) is 5.88. The molecular formula is C17H12N2O5. The van der Waals surface area contributed by atoms with E-state index in [1.807, 2.05) is 0 Å². The Hall–Kier alpha value is -3.61. The highest BCUT2D eigenvalue weighted by Gasteiger charge is 2.18. The summed E-state index contributed by atoms with van der Waals surface area (Å²) in [7, 11) is 0. The molecule has 7 nitrogen and oxygen atoms in total. The molecule has 0 radical (unpaired) electrons. The van der Waals surface area contributed by atoms with Crippen LogP contribution in [0.5, 0.6) is 17.2 Å². The van der Waals surface area contributed by atoms with Gasteiger partial charge in [-0.3, -0.25) is 9.59 Å². The number of nitrogens with zero attached hydrogens (tertiary/aromatic N) is 1. The fraction of sp³-hybridized carbons (Fsp3) is 0. The minimum absolute atomic E-state index is 0.0366. The third kappa shape index (κ3) is 2.82. The first-order chi connectivity index (χ1) is 11.5. The lowest BCUT2D eigenvalue weighted by Gasteiger charge is -2.04. The van der Waals surface area contributed by atoms with Gasteiger partial charge in [0.05, 0.1) is 5.69 Å². The highest BCUT2D eigenvalue weighted by Crippen LogP contribution is 2.23. The smallest absolute Gasteiger partial charge is 0.257 e. The first-order valence-corrected chi connectivity index (χ1v) is 6.92. The lowest BCUT2D eigenvalue weighted by molar-refractivity contribution is 0.471. The van der Waals surface area contributed by atoms with Gasteiger partial charge in [0.1, 0.15) is 17.2 Å². The largest absolute Gasteiger partial charge is 0.508 e. The van der Waals surface area contributed by atoms with E-state index in [1.165, 1.54) is 42.5 Å². The van der Waals surface area contributed by atoms with E-state index < -0.39 is 22.0 Å². The Balaban J connectivity index is 2.11. The summed E-state index contributed by atoms with van der Waals surface area (Å²) >= 11 is 0. The molecule has 0 unspecified atom stereocenters. The summed E-state index contributed by atoms with van der Waals surface area (Å²) in [5.41, 5.74) is -1.66. The number of nitrogens with one attached hydrogen (secondary N) is 1. The summed E-state index contributed by atoms with van der Waals surface area (Å²) in [6.45, 7) is 0. The zero-order valence-electron chi connectivity index (χ0n) is 12.2. The van der Waals surface area contributed by atoms with Crippen LogP contribution in [0.2, 0.25) is 0 Å². The Kier molecular flexibility index (Phi) is 3.75. The summed E-state index contributed by atoms with van der Waals surface area (Å²) in [6, 6.07) is 11.6. The number of hydrogen-bond acceptors (Lipinski definition) is 7. The maximum Gasteiger partial charge on any atom is 0.257 e. The van der Waals surface area contributed by atoms with Crippen LogP contribution >= 0.6 is 0 Å². The molecule has 0 heterocycles. The minimum atomic E-state index is -0.960. The lowest BCUT2D eigenvalue weighted by Crippen LogP contribution is -2.30.